The van der Waals surface area contributed by atoms with Gasteiger partial charge in [-0.25, -0.2) is 9.63 Å². The number of rotatable bonds is 5. The molecule has 1 aromatic rings. The van der Waals surface area contributed by atoms with E-state index in [1.807, 2.05) is 13.8 Å². The molecule has 1 unspecified atom stereocenters. The molecule has 1 heterocycles. The van der Waals surface area contributed by atoms with E-state index in [4.69, 9.17) is 9.57 Å². The van der Waals surface area contributed by atoms with Gasteiger partial charge in [-0.15, -0.1) is 5.06 Å². The third kappa shape index (κ3) is 3.64. The number of hydroxylamine groups is 2. The van der Waals surface area contributed by atoms with Crippen LogP contribution in [0, 0.1) is 5.92 Å². The number of hydrogen-bond acceptors (Lipinski definition) is 5. The Morgan fingerprint density at radius 3 is 2.04 bits per heavy atom. The molecule has 6 nitrogen and oxygen atoms in total. The summed E-state index contributed by atoms with van der Waals surface area (Å²) in [4.78, 5) is 42.8. The fourth-order valence-corrected chi connectivity index (χ4v) is 2.33. The SMILES string of the molecule is CCC(C)[C@@H](ON1C(=O)c2ccccc2C1=O)C(=O)OC(C)(C)C. The van der Waals surface area contributed by atoms with Crippen molar-refractivity contribution >= 4 is 17.8 Å². The molecule has 0 radical (unpaired) electrons. The predicted octanol–water partition coefficient (Wildman–Crippen LogP) is 2.97. The van der Waals surface area contributed by atoms with Gasteiger partial charge >= 0.3 is 5.97 Å². The van der Waals surface area contributed by atoms with Gasteiger partial charge in [-0.2, -0.15) is 0 Å². The van der Waals surface area contributed by atoms with Crippen LogP contribution < -0.4 is 0 Å². The molecule has 0 aliphatic carbocycles. The van der Waals surface area contributed by atoms with Crippen molar-refractivity contribution in [2.75, 3.05) is 0 Å². The van der Waals surface area contributed by atoms with Gasteiger partial charge in [0.15, 0.2) is 6.10 Å². The first-order chi connectivity index (χ1) is 11.2. The van der Waals surface area contributed by atoms with E-state index in [-0.39, 0.29) is 17.0 Å². The second kappa shape index (κ2) is 6.73. The molecule has 24 heavy (non-hydrogen) atoms. The van der Waals surface area contributed by atoms with E-state index in [1.165, 1.54) is 0 Å². The Balaban J connectivity index is 2.23. The first kappa shape index (κ1) is 18.1. The van der Waals surface area contributed by atoms with E-state index in [1.54, 1.807) is 45.0 Å². The summed E-state index contributed by atoms with van der Waals surface area (Å²) in [6, 6.07) is 6.47. The van der Waals surface area contributed by atoms with Gasteiger partial charge in [-0.3, -0.25) is 9.59 Å². The van der Waals surface area contributed by atoms with Crippen molar-refractivity contribution in [3.63, 3.8) is 0 Å². The quantitative estimate of drug-likeness (QED) is 0.612. The number of nitrogens with zero attached hydrogens (tertiary/aromatic N) is 1. The number of imide groups is 1. The molecule has 2 atom stereocenters. The summed E-state index contributed by atoms with van der Waals surface area (Å²) in [6.45, 7) is 8.96. The Hall–Kier alpha value is -2.21. The number of benzene rings is 1. The molecule has 1 aromatic carbocycles. The molecule has 130 valence electrons. The second-order valence-electron chi connectivity index (χ2n) is 6.90. The number of amides is 2. The van der Waals surface area contributed by atoms with E-state index in [0.717, 1.165) is 0 Å². The lowest BCUT2D eigenvalue weighted by Crippen LogP contribution is -2.43. The van der Waals surface area contributed by atoms with Crippen LogP contribution in [-0.4, -0.2) is 34.6 Å². The van der Waals surface area contributed by atoms with Crippen molar-refractivity contribution in [1.82, 2.24) is 5.06 Å². The zero-order valence-corrected chi connectivity index (χ0v) is 14.7. The molecule has 1 aliphatic heterocycles. The molecule has 2 rings (SSSR count). The summed E-state index contributed by atoms with van der Waals surface area (Å²) in [7, 11) is 0. The largest absolute Gasteiger partial charge is 0.458 e. The number of carbonyl (C=O) groups excluding carboxylic acids is 3. The van der Waals surface area contributed by atoms with Crippen LogP contribution >= 0.6 is 0 Å². The number of fused-ring (bicyclic) bond motifs is 1. The van der Waals surface area contributed by atoms with E-state index in [2.05, 4.69) is 0 Å². The topological polar surface area (TPSA) is 72.9 Å². The van der Waals surface area contributed by atoms with E-state index >= 15 is 0 Å². The molecule has 0 aromatic heterocycles. The van der Waals surface area contributed by atoms with Gasteiger partial charge in [-0.05, 0) is 38.8 Å². The molecule has 0 bridgehead atoms. The van der Waals surface area contributed by atoms with Gasteiger partial charge in [-0.1, -0.05) is 32.4 Å². The van der Waals surface area contributed by atoms with Gasteiger partial charge in [0.1, 0.15) is 5.60 Å². The highest BCUT2D eigenvalue weighted by atomic mass is 16.7. The summed E-state index contributed by atoms with van der Waals surface area (Å²) in [5, 5.41) is 0.672. The number of carbonyl (C=O) groups is 3. The maximum atomic E-state index is 12.4. The van der Waals surface area contributed by atoms with Crippen LogP contribution in [0.3, 0.4) is 0 Å². The van der Waals surface area contributed by atoms with Crippen LogP contribution in [0.1, 0.15) is 61.8 Å². The third-order valence-electron chi connectivity index (χ3n) is 3.78. The first-order valence-electron chi connectivity index (χ1n) is 8.03. The fraction of sp³-hybridized carbons (Fsp3) is 0.500. The summed E-state index contributed by atoms with van der Waals surface area (Å²) >= 11 is 0. The molecule has 0 spiro atoms. The molecular weight excluding hydrogens is 310 g/mol. The van der Waals surface area contributed by atoms with Crippen LogP contribution in [0.2, 0.25) is 0 Å². The van der Waals surface area contributed by atoms with E-state index < -0.39 is 29.5 Å². The normalized spacial score (nSPS) is 16.8. The highest BCUT2D eigenvalue weighted by Gasteiger charge is 2.41. The molecule has 0 fully saturated rings. The minimum atomic E-state index is -1.03. The number of ether oxygens (including phenoxy) is 1. The number of esters is 1. The maximum Gasteiger partial charge on any atom is 0.338 e. The average Bonchev–Trinajstić information content (AvgIpc) is 2.75. The van der Waals surface area contributed by atoms with Crippen LogP contribution in [0.5, 0.6) is 0 Å². The van der Waals surface area contributed by atoms with Crippen LogP contribution in [-0.2, 0) is 14.4 Å². The third-order valence-corrected chi connectivity index (χ3v) is 3.78. The fourth-order valence-electron chi connectivity index (χ4n) is 2.33. The smallest absolute Gasteiger partial charge is 0.338 e. The van der Waals surface area contributed by atoms with Crippen molar-refractivity contribution < 1.29 is 24.0 Å². The summed E-state index contributed by atoms with van der Waals surface area (Å²) in [5.41, 5.74) is -0.141. The minimum absolute atomic E-state index is 0.218. The van der Waals surface area contributed by atoms with Crippen LogP contribution in [0.4, 0.5) is 0 Å². The molecule has 6 heteroatoms. The monoisotopic (exact) mass is 333 g/mol. The van der Waals surface area contributed by atoms with Gasteiger partial charge in [0.2, 0.25) is 0 Å². The van der Waals surface area contributed by atoms with Crippen molar-refractivity contribution in [3.05, 3.63) is 35.4 Å². The highest BCUT2D eigenvalue weighted by molar-refractivity contribution is 6.20. The zero-order valence-electron chi connectivity index (χ0n) is 14.7. The minimum Gasteiger partial charge on any atom is -0.458 e. The Labute approximate surface area is 141 Å². The van der Waals surface area contributed by atoms with E-state index in [9.17, 15) is 14.4 Å². The molecule has 0 N–H and O–H groups in total. The van der Waals surface area contributed by atoms with E-state index in [0.29, 0.717) is 11.5 Å². The van der Waals surface area contributed by atoms with Gasteiger partial charge in [0, 0.05) is 0 Å². The molecule has 2 amide bonds. The van der Waals surface area contributed by atoms with Gasteiger partial charge in [0.05, 0.1) is 11.1 Å². The lowest BCUT2D eigenvalue weighted by molar-refractivity contribution is -0.196. The van der Waals surface area contributed by atoms with Crippen molar-refractivity contribution in [2.45, 2.75) is 52.7 Å². The molecule has 0 saturated carbocycles. The second-order valence-corrected chi connectivity index (χ2v) is 6.90. The van der Waals surface area contributed by atoms with Gasteiger partial charge in [0.25, 0.3) is 11.8 Å². The Morgan fingerprint density at radius 2 is 1.62 bits per heavy atom. The summed E-state index contributed by atoms with van der Waals surface area (Å²) < 4.78 is 5.37. The van der Waals surface area contributed by atoms with Crippen molar-refractivity contribution in [2.24, 2.45) is 5.92 Å². The van der Waals surface area contributed by atoms with Crippen molar-refractivity contribution in [3.8, 4) is 0 Å². The Bertz CT molecular complexity index is 627. The highest BCUT2D eigenvalue weighted by Crippen LogP contribution is 2.26. The summed E-state index contributed by atoms with van der Waals surface area (Å²) in [5.74, 6) is -1.93. The Kier molecular flexibility index (Phi) is 5.08. The first-order valence-corrected chi connectivity index (χ1v) is 8.03. The molecular formula is C18H23NO5. The summed E-state index contributed by atoms with van der Waals surface area (Å²) in [6.07, 6.45) is -0.399. The van der Waals surface area contributed by atoms with Crippen LogP contribution in [0.15, 0.2) is 24.3 Å². The standard InChI is InChI=1S/C18H23NO5/c1-6-11(2)14(17(22)23-18(3,4)5)24-19-15(20)12-9-7-8-10-13(12)16(19)21/h7-11,14H,6H2,1-5H3/t11?,14-/m1/s1. The zero-order chi connectivity index (χ0) is 18.1. The lowest BCUT2D eigenvalue weighted by atomic mass is 10.0. The number of hydrogen-bond donors (Lipinski definition) is 0. The average molecular weight is 333 g/mol. The molecule has 0 saturated heterocycles. The lowest BCUT2D eigenvalue weighted by Gasteiger charge is -2.28. The van der Waals surface area contributed by atoms with Crippen molar-refractivity contribution in [1.29, 1.82) is 0 Å². The Morgan fingerprint density at radius 1 is 1.12 bits per heavy atom. The van der Waals surface area contributed by atoms with Gasteiger partial charge < -0.3 is 4.74 Å². The maximum absolute atomic E-state index is 12.4. The predicted molar refractivity (Wildman–Crippen MR) is 87.1 cm³/mol. The van der Waals surface area contributed by atoms with Crippen LogP contribution in [0.25, 0.3) is 0 Å². The molecule has 1 aliphatic rings.